The van der Waals surface area contributed by atoms with Crippen molar-refractivity contribution in [2.45, 2.75) is 19.8 Å². The van der Waals surface area contributed by atoms with Crippen molar-refractivity contribution in [1.82, 2.24) is 4.98 Å². The number of nitrogens with two attached hydrogens (primary N) is 1. The first kappa shape index (κ1) is 14.8. The average Bonchev–Trinajstić information content (AvgIpc) is 2.52. The number of nitrogens with one attached hydrogen (secondary N) is 1. The van der Waals surface area contributed by atoms with E-state index in [0.29, 0.717) is 12.1 Å². The minimum Gasteiger partial charge on any atom is -0.409 e. The minimum absolute atomic E-state index is 0.0762. The Labute approximate surface area is 122 Å². The Kier molecular flexibility index (Phi) is 4.71. The van der Waals surface area contributed by atoms with E-state index in [9.17, 15) is 4.79 Å². The van der Waals surface area contributed by atoms with Crippen molar-refractivity contribution in [3.63, 3.8) is 0 Å². The Morgan fingerprint density at radius 3 is 2.95 bits per heavy atom. The van der Waals surface area contributed by atoms with Gasteiger partial charge in [-0.05, 0) is 30.7 Å². The van der Waals surface area contributed by atoms with Gasteiger partial charge in [-0.15, -0.1) is 0 Å². The molecule has 6 heteroatoms. The van der Waals surface area contributed by atoms with Gasteiger partial charge in [0.2, 0.25) is 5.91 Å². The summed E-state index contributed by atoms with van der Waals surface area (Å²) in [5, 5.41) is 15.4. The van der Waals surface area contributed by atoms with E-state index in [0.717, 1.165) is 17.3 Å². The largest absolute Gasteiger partial charge is 0.409 e. The van der Waals surface area contributed by atoms with E-state index in [4.69, 9.17) is 10.9 Å². The van der Waals surface area contributed by atoms with Crippen LogP contribution in [-0.4, -0.2) is 21.9 Å². The molecule has 21 heavy (non-hydrogen) atoms. The van der Waals surface area contributed by atoms with Gasteiger partial charge in [0.15, 0.2) is 5.84 Å². The Bertz CT molecular complexity index is 664. The van der Waals surface area contributed by atoms with Crippen molar-refractivity contribution >= 4 is 28.3 Å². The summed E-state index contributed by atoms with van der Waals surface area (Å²) in [7, 11) is 0. The molecule has 6 nitrogen and oxygen atoms in total. The van der Waals surface area contributed by atoms with Gasteiger partial charge in [-0.25, -0.2) is 0 Å². The standard InChI is InChI=1S/C15H18N4O2/c1-2-5-11(14(16)19-21)15(20)18-13-8-3-7-12-10(13)6-4-9-17-12/h3-4,6-9,11,21H,2,5H2,1H3,(H2,16,19)(H,18,20). The molecule has 0 saturated heterocycles. The van der Waals surface area contributed by atoms with Crippen LogP contribution in [-0.2, 0) is 4.79 Å². The summed E-state index contributed by atoms with van der Waals surface area (Å²) in [4.78, 5) is 16.6. The molecule has 1 heterocycles. The number of hydrogen-bond acceptors (Lipinski definition) is 4. The second-order valence-corrected chi connectivity index (χ2v) is 4.73. The van der Waals surface area contributed by atoms with Crippen molar-refractivity contribution < 1.29 is 10.0 Å². The predicted molar refractivity (Wildman–Crippen MR) is 82.2 cm³/mol. The number of carbonyl (C=O) groups is 1. The minimum atomic E-state index is -0.646. The monoisotopic (exact) mass is 286 g/mol. The number of amidine groups is 1. The number of fused-ring (bicyclic) bond motifs is 1. The molecule has 1 amide bonds. The van der Waals surface area contributed by atoms with Crippen LogP contribution in [0.1, 0.15) is 19.8 Å². The fourth-order valence-electron chi connectivity index (χ4n) is 2.20. The molecule has 0 aliphatic heterocycles. The van der Waals surface area contributed by atoms with Crippen molar-refractivity contribution in [2.75, 3.05) is 5.32 Å². The average molecular weight is 286 g/mol. The molecule has 0 fully saturated rings. The van der Waals surface area contributed by atoms with E-state index in [1.807, 2.05) is 31.2 Å². The van der Waals surface area contributed by atoms with Crippen molar-refractivity contribution in [3.05, 3.63) is 36.5 Å². The molecular weight excluding hydrogens is 268 g/mol. The zero-order valence-electron chi connectivity index (χ0n) is 11.8. The highest BCUT2D eigenvalue weighted by Gasteiger charge is 2.22. The van der Waals surface area contributed by atoms with Gasteiger partial charge in [0, 0.05) is 11.6 Å². The topological polar surface area (TPSA) is 101 Å². The van der Waals surface area contributed by atoms with Gasteiger partial charge in [-0.3, -0.25) is 9.78 Å². The van der Waals surface area contributed by atoms with E-state index in [2.05, 4.69) is 15.5 Å². The van der Waals surface area contributed by atoms with Gasteiger partial charge < -0.3 is 16.3 Å². The number of amides is 1. The summed E-state index contributed by atoms with van der Waals surface area (Å²) in [6, 6.07) is 9.19. The Hall–Kier alpha value is -2.63. The second-order valence-electron chi connectivity index (χ2n) is 4.73. The molecule has 0 saturated carbocycles. The highest BCUT2D eigenvalue weighted by atomic mass is 16.4. The number of aromatic nitrogens is 1. The van der Waals surface area contributed by atoms with E-state index in [-0.39, 0.29) is 11.7 Å². The molecule has 4 N–H and O–H groups in total. The molecule has 2 aromatic rings. The first-order chi connectivity index (χ1) is 10.2. The number of pyridine rings is 1. The summed E-state index contributed by atoms with van der Waals surface area (Å²) in [5.74, 6) is -1.01. The molecule has 1 aromatic heterocycles. The van der Waals surface area contributed by atoms with E-state index in [1.165, 1.54) is 0 Å². The molecule has 0 spiro atoms. The quantitative estimate of drug-likeness (QED) is 0.340. The molecule has 0 aliphatic carbocycles. The molecule has 110 valence electrons. The van der Waals surface area contributed by atoms with Crippen LogP contribution in [0, 0.1) is 5.92 Å². The van der Waals surface area contributed by atoms with Crippen LogP contribution >= 0.6 is 0 Å². The molecule has 1 atom stereocenters. The fourth-order valence-corrected chi connectivity index (χ4v) is 2.20. The first-order valence-corrected chi connectivity index (χ1v) is 6.79. The number of oxime groups is 1. The van der Waals surface area contributed by atoms with Gasteiger partial charge in [-0.2, -0.15) is 0 Å². The molecule has 1 aromatic carbocycles. The summed E-state index contributed by atoms with van der Waals surface area (Å²) in [6.07, 6.45) is 2.97. The Morgan fingerprint density at radius 2 is 2.24 bits per heavy atom. The number of anilines is 1. The van der Waals surface area contributed by atoms with Crippen molar-refractivity contribution in [3.8, 4) is 0 Å². The SMILES string of the molecule is CCCC(C(=O)Nc1cccc2ncccc12)C(N)=NO. The van der Waals surface area contributed by atoms with Gasteiger partial charge in [-0.1, -0.05) is 24.6 Å². The maximum absolute atomic E-state index is 12.3. The van der Waals surface area contributed by atoms with Crippen LogP contribution in [0.15, 0.2) is 41.7 Å². The summed E-state index contributed by atoms with van der Waals surface area (Å²) >= 11 is 0. The number of benzene rings is 1. The lowest BCUT2D eigenvalue weighted by Gasteiger charge is -2.15. The molecule has 0 radical (unpaired) electrons. The number of nitrogens with zero attached hydrogens (tertiary/aromatic N) is 2. The molecule has 2 rings (SSSR count). The molecule has 0 aliphatic rings. The van der Waals surface area contributed by atoms with Gasteiger partial charge in [0.25, 0.3) is 0 Å². The normalized spacial score (nSPS) is 13.1. The van der Waals surface area contributed by atoms with Gasteiger partial charge >= 0.3 is 0 Å². The highest BCUT2D eigenvalue weighted by molar-refractivity contribution is 6.10. The molecule has 0 bridgehead atoms. The van der Waals surface area contributed by atoms with E-state index in [1.54, 1.807) is 12.3 Å². The number of hydrogen-bond donors (Lipinski definition) is 3. The maximum atomic E-state index is 12.3. The van der Waals surface area contributed by atoms with Crippen LogP contribution in [0.4, 0.5) is 5.69 Å². The first-order valence-electron chi connectivity index (χ1n) is 6.79. The lowest BCUT2D eigenvalue weighted by Crippen LogP contribution is -2.34. The number of carbonyl (C=O) groups excluding carboxylic acids is 1. The third-order valence-electron chi connectivity index (χ3n) is 3.27. The lowest BCUT2D eigenvalue weighted by molar-refractivity contribution is -0.118. The highest BCUT2D eigenvalue weighted by Crippen LogP contribution is 2.22. The third kappa shape index (κ3) is 3.28. The molecular formula is C15H18N4O2. The maximum Gasteiger partial charge on any atom is 0.235 e. The van der Waals surface area contributed by atoms with Crippen LogP contribution in [0.25, 0.3) is 10.9 Å². The van der Waals surface area contributed by atoms with E-state index >= 15 is 0 Å². The summed E-state index contributed by atoms with van der Waals surface area (Å²) < 4.78 is 0. The number of rotatable bonds is 5. The van der Waals surface area contributed by atoms with Crippen LogP contribution in [0.5, 0.6) is 0 Å². The van der Waals surface area contributed by atoms with Gasteiger partial charge in [0.1, 0.15) is 0 Å². The van der Waals surface area contributed by atoms with Crippen LogP contribution < -0.4 is 11.1 Å². The summed E-state index contributed by atoms with van der Waals surface area (Å²) in [5.41, 5.74) is 7.06. The predicted octanol–water partition coefficient (Wildman–Crippen LogP) is 2.34. The summed E-state index contributed by atoms with van der Waals surface area (Å²) in [6.45, 7) is 1.94. The third-order valence-corrected chi connectivity index (χ3v) is 3.27. The fraction of sp³-hybridized carbons (Fsp3) is 0.267. The smallest absolute Gasteiger partial charge is 0.235 e. The van der Waals surface area contributed by atoms with E-state index < -0.39 is 5.92 Å². The molecule has 1 unspecified atom stereocenters. The van der Waals surface area contributed by atoms with Crippen LogP contribution in [0.3, 0.4) is 0 Å². The van der Waals surface area contributed by atoms with Crippen molar-refractivity contribution in [2.24, 2.45) is 16.8 Å². The van der Waals surface area contributed by atoms with Crippen LogP contribution in [0.2, 0.25) is 0 Å². The van der Waals surface area contributed by atoms with Crippen molar-refractivity contribution in [1.29, 1.82) is 0 Å². The Balaban J connectivity index is 2.28. The zero-order valence-corrected chi connectivity index (χ0v) is 11.8. The lowest BCUT2D eigenvalue weighted by atomic mass is 10.0. The Morgan fingerprint density at radius 1 is 1.43 bits per heavy atom. The zero-order chi connectivity index (χ0) is 15.2. The second kappa shape index (κ2) is 6.69. The van der Waals surface area contributed by atoms with Gasteiger partial charge in [0.05, 0.1) is 17.1 Å².